The zero-order valence-corrected chi connectivity index (χ0v) is 15.0. The Morgan fingerprint density at radius 2 is 2.12 bits per heavy atom. The molecule has 0 spiro atoms. The van der Waals surface area contributed by atoms with Gasteiger partial charge in [0.1, 0.15) is 23.7 Å². The molecule has 1 N–H and O–H groups in total. The summed E-state index contributed by atoms with van der Waals surface area (Å²) in [5.74, 6) is 2.70. The number of rotatable bonds is 5. The van der Waals surface area contributed by atoms with Gasteiger partial charge in [-0.3, -0.25) is 0 Å². The van der Waals surface area contributed by atoms with Crippen molar-refractivity contribution < 1.29 is 14.3 Å². The maximum absolute atomic E-state index is 9.80. The summed E-state index contributed by atoms with van der Waals surface area (Å²) >= 11 is 1.83. The molecule has 0 atom stereocenters. The molecule has 0 radical (unpaired) electrons. The minimum Gasteiger partial charge on any atom is -0.488 e. The van der Waals surface area contributed by atoms with E-state index in [-0.39, 0.29) is 12.1 Å². The van der Waals surface area contributed by atoms with Crippen LogP contribution in [0.4, 0.5) is 0 Å². The topological polar surface area (TPSA) is 45.8 Å². The van der Waals surface area contributed by atoms with Crippen LogP contribution in [0.15, 0.2) is 39.3 Å². The van der Waals surface area contributed by atoms with Gasteiger partial charge in [-0.15, -0.1) is 11.8 Å². The first-order valence-electron chi connectivity index (χ1n) is 8.45. The van der Waals surface area contributed by atoms with Gasteiger partial charge in [-0.25, -0.2) is 0 Å². The number of aliphatic hydroxyl groups is 1. The Hall–Kier alpha value is -1.59. The predicted molar refractivity (Wildman–Crippen MR) is 97.1 cm³/mol. The molecule has 0 saturated heterocycles. The zero-order chi connectivity index (χ0) is 16.7. The van der Waals surface area contributed by atoms with Crippen LogP contribution in [0.25, 0.3) is 11.0 Å². The fraction of sp³-hybridized carbons (Fsp3) is 0.474. The van der Waals surface area contributed by atoms with Crippen molar-refractivity contribution in [1.82, 2.24) is 4.90 Å². The van der Waals surface area contributed by atoms with Crippen LogP contribution < -0.4 is 4.74 Å². The van der Waals surface area contributed by atoms with Crippen molar-refractivity contribution in [3.05, 3.63) is 40.6 Å². The standard InChI is InChI=1S/C19H23NO3S/c1-13-8-15-9-16(4-5-17(15)23-13)22-10-18-14(2)20(12-24-18)19(11-21)6-3-7-19/h4-5,8-9,21H,3,6-7,10-12H2,1-2H3. The quantitative estimate of drug-likeness (QED) is 0.877. The van der Waals surface area contributed by atoms with E-state index in [4.69, 9.17) is 9.15 Å². The van der Waals surface area contributed by atoms with Crippen molar-refractivity contribution in [3.8, 4) is 5.75 Å². The maximum Gasteiger partial charge on any atom is 0.134 e. The Balaban J connectivity index is 1.47. The van der Waals surface area contributed by atoms with Gasteiger partial charge in [0, 0.05) is 16.0 Å². The molecule has 1 aromatic heterocycles. The van der Waals surface area contributed by atoms with Gasteiger partial charge in [0.25, 0.3) is 0 Å². The molecule has 1 saturated carbocycles. The Kier molecular flexibility index (Phi) is 4.01. The highest BCUT2D eigenvalue weighted by Gasteiger charge is 2.44. The van der Waals surface area contributed by atoms with Crippen molar-refractivity contribution >= 4 is 22.7 Å². The molecule has 0 unspecified atom stereocenters. The summed E-state index contributed by atoms with van der Waals surface area (Å²) in [5, 5.41) is 10.9. The number of fused-ring (bicyclic) bond motifs is 1. The van der Waals surface area contributed by atoms with Gasteiger partial charge in [0.2, 0.25) is 0 Å². The minimum absolute atomic E-state index is 0.0218. The Bertz CT molecular complexity index is 785. The first-order valence-corrected chi connectivity index (χ1v) is 9.44. The number of aryl methyl sites for hydroxylation is 1. The van der Waals surface area contributed by atoms with E-state index in [0.29, 0.717) is 6.61 Å². The molecule has 5 heteroatoms. The fourth-order valence-corrected chi connectivity index (χ4v) is 4.84. The number of hydrogen-bond acceptors (Lipinski definition) is 5. The van der Waals surface area contributed by atoms with Crippen LogP contribution in [0.1, 0.15) is 31.9 Å². The lowest BCUT2D eigenvalue weighted by molar-refractivity contribution is 0.00575. The third-order valence-corrected chi connectivity index (χ3v) is 6.46. The van der Waals surface area contributed by atoms with Crippen LogP contribution in [0, 0.1) is 6.92 Å². The second-order valence-electron chi connectivity index (χ2n) is 6.79. The van der Waals surface area contributed by atoms with Crippen LogP contribution in [0.5, 0.6) is 5.75 Å². The normalized spacial score (nSPS) is 19.9. The Labute approximate surface area is 146 Å². The molecule has 2 heterocycles. The molecule has 1 aliphatic carbocycles. The van der Waals surface area contributed by atoms with Crippen LogP contribution in [-0.4, -0.2) is 34.6 Å². The summed E-state index contributed by atoms with van der Waals surface area (Å²) in [7, 11) is 0. The Morgan fingerprint density at radius 1 is 1.29 bits per heavy atom. The third-order valence-electron chi connectivity index (χ3n) is 5.31. The van der Waals surface area contributed by atoms with Crippen LogP contribution in [0.3, 0.4) is 0 Å². The average Bonchev–Trinajstić information content (AvgIpc) is 3.07. The summed E-state index contributed by atoms with van der Waals surface area (Å²) in [6.07, 6.45) is 3.39. The van der Waals surface area contributed by atoms with E-state index in [2.05, 4.69) is 11.8 Å². The number of ether oxygens (including phenoxy) is 1. The van der Waals surface area contributed by atoms with E-state index in [1.54, 1.807) is 0 Å². The molecule has 0 amide bonds. The number of benzene rings is 1. The lowest BCUT2D eigenvalue weighted by atomic mass is 9.76. The van der Waals surface area contributed by atoms with E-state index >= 15 is 0 Å². The monoisotopic (exact) mass is 345 g/mol. The minimum atomic E-state index is -0.0218. The molecule has 2 aliphatic rings. The molecule has 4 nitrogen and oxygen atoms in total. The molecule has 1 fully saturated rings. The van der Waals surface area contributed by atoms with Crippen molar-refractivity contribution in [2.45, 2.75) is 38.6 Å². The molecular formula is C19H23NO3S. The molecule has 1 aromatic carbocycles. The van der Waals surface area contributed by atoms with E-state index in [9.17, 15) is 5.11 Å². The predicted octanol–water partition coefficient (Wildman–Crippen LogP) is 4.27. The van der Waals surface area contributed by atoms with Gasteiger partial charge in [-0.1, -0.05) is 0 Å². The van der Waals surface area contributed by atoms with Gasteiger partial charge >= 0.3 is 0 Å². The van der Waals surface area contributed by atoms with Crippen molar-refractivity contribution in [3.63, 3.8) is 0 Å². The average molecular weight is 345 g/mol. The molecule has 128 valence electrons. The molecule has 2 aromatic rings. The molecular weight excluding hydrogens is 322 g/mol. The van der Waals surface area contributed by atoms with E-state index < -0.39 is 0 Å². The summed E-state index contributed by atoms with van der Waals surface area (Å²) in [6, 6.07) is 7.97. The second-order valence-corrected chi connectivity index (χ2v) is 7.83. The number of aliphatic hydroxyl groups excluding tert-OH is 1. The third kappa shape index (κ3) is 2.60. The number of hydrogen-bond donors (Lipinski definition) is 1. The summed E-state index contributed by atoms with van der Waals surface area (Å²) in [6.45, 7) is 4.93. The fourth-order valence-electron chi connectivity index (χ4n) is 3.62. The maximum atomic E-state index is 9.80. The van der Waals surface area contributed by atoms with Crippen molar-refractivity contribution in [2.75, 3.05) is 19.1 Å². The summed E-state index contributed by atoms with van der Waals surface area (Å²) in [4.78, 5) is 3.64. The highest BCUT2D eigenvalue weighted by Crippen LogP contribution is 2.45. The van der Waals surface area contributed by atoms with Crippen LogP contribution in [-0.2, 0) is 0 Å². The van der Waals surface area contributed by atoms with Gasteiger partial charge in [-0.05, 0) is 57.4 Å². The molecule has 4 rings (SSSR count). The summed E-state index contributed by atoms with van der Waals surface area (Å²) in [5.41, 5.74) is 2.13. The molecule has 1 aliphatic heterocycles. The molecule has 0 bridgehead atoms. The van der Waals surface area contributed by atoms with E-state index in [0.717, 1.165) is 41.2 Å². The lowest BCUT2D eigenvalue weighted by Gasteiger charge is -2.49. The van der Waals surface area contributed by atoms with Crippen LogP contribution >= 0.6 is 11.8 Å². The largest absolute Gasteiger partial charge is 0.488 e. The number of allylic oxidation sites excluding steroid dienone is 1. The van der Waals surface area contributed by atoms with Gasteiger partial charge in [0.15, 0.2) is 0 Å². The van der Waals surface area contributed by atoms with Crippen molar-refractivity contribution in [2.24, 2.45) is 0 Å². The zero-order valence-electron chi connectivity index (χ0n) is 14.2. The SMILES string of the molecule is CC1=C(COc2ccc3oc(C)cc3c2)SCN1C1(CO)CCC1. The first-order chi connectivity index (χ1) is 11.6. The number of thioether (sulfide) groups is 1. The van der Waals surface area contributed by atoms with Crippen molar-refractivity contribution in [1.29, 1.82) is 0 Å². The molecule has 24 heavy (non-hydrogen) atoms. The van der Waals surface area contributed by atoms with E-state index in [1.165, 1.54) is 17.0 Å². The lowest BCUT2D eigenvalue weighted by Crippen LogP contribution is -2.54. The van der Waals surface area contributed by atoms with Gasteiger partial charge in [0.05, 0.1) is 18.0 Å². The summed E-state index contributed by atoms with van der Waals surface area (Å²) < 4.78 is 11.6. The van der Waals surface area contributed by atoms with Gasteiger partial charge in [-0.2, -0.15) is 0 Å². The van der Waals surface area contributed by atoms with Gasteiger partial charge < -0.3 is 19.2 Å². The first kappa shape index (κ1) is 15.9. The second kappa shape index (κ2) is 6.05. The van der Waals surface area contributed by atoms with E-state index in [1.807, 2.05) is 43.0 Å². The van der Waals surface area contributed by atoms with Crippen LogP contribution in [0.2, 0.25) is 0 Å². The smallest absolute Gasteiger partial charge is 0.134 e. The number of furan rings is 1. The highest BCUT2D eigenvalue weighted by molar-refractivity contribution is 8.03. The Morgan fingerprint density at radius 3 is 2.83 bits per heavy atom. The number of nitrogens with zero attached hydrogens (tertiary/aromatic N) is 1. The highest BCUT2D eigenvalue weighted by atomic mass is 32.2.